The van der Waals surface area contributed by atoms with Crippen LogP contribution in [-0.2, 0) is 16.0 Å². The standard InChI is InChI=1S/C26H30N2O2S/c29-23(16-27-25(30)26-13-17-10-18(14-26)12-19(11-17)15-26)28-8-6-22-21(7-9-31-22)24(28)20-4-2-1-3-5-20/h1-5,7,9,17-19,24H,6,8,10-16H2,(H,27,30). The van der Waals surface area contributed by atoms with Gasteiger partial charge in [0.2, 0.25) is 11.8 Å². The van der Waals surface area contributed by atoms with Crippen LogP contribution in [0.3, 0.4) is 0 Å². The summed E-state index contributed by atoms with van der Waals surface area (Å²) in [5, 5.41) is 5.23. The minimum absolute atomic E-state index is 0.0313. The highest BCUT2D eigenvalue weighted by Crippen LogP contribution is 2.60. The maximum absolute atomic E-state index is 13.4. The molecule has 1 atom stereocenters. The lowest BCUT2D eigenvalue weighted by Gasteiger charge is -2.55. The molecule has 2 heterocycles. The third-order valence-corrected chi connectivity index (χ3v) is 9.32. The van der Waals surface area contributed by atoms with Gasteiger partial charge < -0.3 is 10.2 Å². The normalized spacial score (nSPS) is 33.2. The molecule has 5 heteroatoms. The van der Waals surface area contributed by atoms with Crippen molar-refractivity contribution in [3.8, 4) is 0 Å². The number of nitrogens with zero attached hydrogens (tertiary/aromatic N) is 1. The number of carbonyl (C=O) groups is 2. The van der Waals surface area contributed by atoms with Gasteiger partial charge in [-0.1, -0.05) is 30.3 Å². The number of benzene rings is 1. The second-order valence-corrected chi connectivity index (χ2v) is 11.3. The molecule has 1 aromatic carbocycles. The second kappa shape index (κ2) is 7.47. The van der Waals surface area contributed by atoms with Gasteiger partial charge in [0.05, 0.1) is 12.6 Å². The maximum Gasteiger partial charge on any atom is 0.242 e. The van der Waals surface area contributed by atoms with Crippen molar-refractivity contribution >= 4 is 23.2 Å². The molecule has 1 aliphatic heterocycles. The van der Waals surface area contributed by atoms with E-state index in [4.69, 9.17) is 0 Å². The zero-order chi connectivity index (χ0) is 21.0. The van der Waals surface area contributed by atoms with Crippen LogP contribution in [0.2, 0.25) is 0 Å². The highest BCUT2D eigenvalue weighted by Gasteiger charge is 2.54. The summed E-state index contributed by atoms with van der Waals surface area (Å²) in [7, 11) is 0. The van der Waals surface area contributed by atoms with Gasteiger partial charge in [0, 0.05) is 16.8 Å². The van der Waals surface area contributed by atoms with E-state index < -0.39 is 0 Å². The van der Waals surface area contributed by atoms with Crippen LogP contribution in [0.1, 0.15) is 60.6 Å². The smallest absolute Gasteiger partial charge is 0.242 e. The van der Waals surface area contributed by atoms with Gasteiger partial charge >= 0.3 is 0 Å². The fourth-order valence-corrected chi connectivity index (χ4v) is 8.32. The molecule has 162 valence electrons. The fourth-order valence-electron chi connectivity index (χ4n) is 7.41. The number of nitrogens with one attached hydrogen (secondary N) is 1. The summed E-state index contributed by atoms with van der Waals surface area (Å²) < 4.78 is 0. The van der Waals surface area contributed by atoms with Gasteiger partial charge in [-0.2, -0.15) is 0 Å². The Morgan fingerprint density at radius 2 is 1.68 bits per heavy atom. The zero-order valence-electron chi connectivity index (χ0n) is 17.9. The summed E-state index contributed by atoms with van der Waals surface area (Å²) in [6.07, 6.45) is 7.96. The van der Waals surface area contributed by atoms with Gasteiger partial charge in [0.15, 0.2) is 0 Å². The third-order valence-electron chi connectivity index (χ3n) is 8.32. The van der Waals surface area contributed by atoms with Gasteiger partial charge in [-0.05, 0) is 85.3 Å². The van der Waals surface area contributed by atoms with Crippen LogP contribution >= 0.6 is 11.3 Å². The minimum atomic E-state index is -0.198. The van der Waals surface area contributed by atoms with Crippen molar-refractivity contribution in [1.29, 1.82) is 0 Å². The first-order valence-electron chi connectivity index (χ1n) is 11.8. The van der Waals surface area contributed by atoms with Crippen LogP contribution < -0.4 is 5.32 Å². The third kappa shape index (κ3) is 3.32. The van der Waals surface area contributed by atoms with E-state index in [1.165, 1.54) is 29.7 Å². The number of thiophene rings is 1. The molecule has 0 spiro atoms. The number of hydrogen-bond donors (Lipinski definition) is 1. The summed E-state index contributed by atoms with van der Waals surface area (Å²) in [5.41, 5.74) is 2.18. The summed E-state index contributed by atoms with van der Waals surface area (Å²) in [4.78, 5) is 30.0. The van der Waals surface area contributed by atoms with Crippen molar-refractivity contribution in [3.05, 3.63) is 57.8 Å². The van der Waals surface area contributed by atoms with Crippen molar-refractivity contribution in [1.82, 2.24) is 10.2 Å². The number of fused-ring (bicyclic) bond motifs is 1. The van der Waals surface area contributed by atoms with Crippen molar-refractivity contribution in [3.63, 3.8) is 0 Å². The molecule has 4 saturated carbocycles. The Morgan fingerprint density at radius 3 is 2.35 bits per heavy atom. The number of hydrogen-bond acceptors (Lipinski definition) is 3. The van der Waals surface area contributed by atoms with Crippen LogP contribution in [0.15, 0.2) is 41.8 Å². The fraction of sp³-hybridized carbons (Fsp3) is 0.538. The Hall–Kier alpha value is -2.14. The first kappa shape index (κ1) is 19.5. The Bertz CT molecular complexity index is 963. The molecule has 0 saturated heterocycles. The van der Waals surface area contributed by atoms with Crippen molar-refractivity contribution in [2.24, 2.45) is 23.2 Å². The van der Waals surface area contributed by atoms with Crippen molar-refractivity contribution in [2.45, 2.75) is 51.0 Å². The Balaban J connectivity index is 1.18. The molecular weight excluding hydrogens is 404 g/mol. The summed E-state index contributed by atoms with van der Waals surface area (Å²) >= 11 is 1.78. The highest BCUT2D eigenvalue weighted by atomic mass is 32.1. The first-order valence-corrected chi connectivity index (χ1v) is 12.7. The average Bonchev–Trinajstić information content (AvgIpc) is 3.25. The van der Waals surface area contributed by atoms with Gasteiger partial charge in [-0.15, -0.1) is 11.3 Å². The first-order chi connectivity index (χ1) is 15.1. The minimum Gasteiger partial charge on any atom is -0.347 e. The number of amides is 2. The molecule has 31 heavy (non-hydrogen) atoms. The van der Waals surface area contributed by atoms with E-state index in [1.54, 1.807) is 11.3 Å². The lowest BCUT2D eigenvalue weighted by Crippen LogP contribution is -2.55. The molecule has 4 fully saturated rings. The Kier molecular flexibility index (Phi) is 4.71. The molecule has 4 bridgehead atoms. The topological polar surface area (TPSA) is 49.4 Å². The van der Waals surface area contributed by atoms with Crippen LogP contribution in [0.25, 0.3) is 0 Å². The molecule has 5 aliphatic rings. The van der Waals surface area contributed by atoms with Crippen molar-refractivity contribution in [2.75, 3.05) is 13.1 Å². The van der Waals surface area contributed by atoms with Crippen LogP contribution in [0.5, 0.6) is 0 Å². The number of rotatable bonds is 4. The van der Waals surface area contributed by atoms with Crippen LogP contribution in [0, 0.1) is 23.2 Å². The Morgan fingerprint density at radius 1 is 1.00 bits per heavy atom. The van der Waals surface area contributed by atoms with E-state index in [-0.39, 0.29) is 29.8 Å². The van der Waals surface area contributed by atoms with E-state index in [9.17, 15) is 9.59 Å². The van der Waals surface area contributed by atoms with Crippen LogP contribution in [0.4, 0.5) is 0 Å². The molecule has 4 nitrogen and oxygen atoms in total. The molecule has 2 amide bonds. The highest BCUT2D eigenvalue weighted by molar-refractivity contribution is 7.10. The van der Waals surface area contributed by atoms with Gasteiger partial charge in [-0.3, -0.25) is 9.59 Å². The summed E-state index contributed by atoms with van der Waals surface area (Å²) in [6.45, 7) is 0.822. The average molecular weight is 435 g/mol. The van der Waals surface area contributed by atoms with E-state index >= 15 is 0 Å². The number of carbonyl (C=O) groups excluding carboxylic acids is 2. The summed E-state index contributed by atoms with van der Waals surface area (Å²) in [6, 6.07) is 12.4. The predicted octanol–water partition coefficient (Wildman–Crippen LogP) is 4.55. The van der Waals surface area contributed by atoms with Gasteiger partial charge in [0.1, 0.15) is 0 Å². The quantitative estimate of drug-likeness (QED) is 0.767. The zero-order valence-corrected chi connectivity index (χ0v) is 18.7. The molecular formula is C26H30N2O2S. The SMILES string of the molecule is O=C(CNC(=O)C12CC3CC(CC(C3)C1)C2)N1CCc2sccc2C1c1ccccc1. The lowest BCUT2D eigenvalue weighted by molar-refractivity contribution is -0.148. The molecule has 0 radical (unpaired) electrons. The second-order valence-electron chi connectivity index (χ2n) is 10.3. The molecule has 1 aromatic heterocycles. The van der Waals surface area contributed by atoms with Crippen LogP contribution in [-0.4, -0.2) is 29.8 Å². The van der Waals surface area contributed by atoms with E-state index in [0.29, 0.717) is 6.54 Å². The molecule has 7 rings (SSSR count). The van der Waals surface area contributed by atoms with Crippen molar-refractivity contribution < 1.29 is 9.59 Å². The predicted molar refractivity (Wildman–Crippen MR) is 122 cm³/mol. The maximum atomic E-state index is 13.4. The van der Waals surface area contributed by atoms with Gasteiger partial charge in [-0.25, -0.2) is 0 Å². The van der Waals surface area contributed by atoms with E-state index in [2.05, 4.69) is 28.9 Å². The molecule has 2 aromatic rings. The monoisotopic (exact) mass is 434 g/mol. The van der Waals surface area contributed by atoms with Gasteiger partial charge in [0.25, 0.3) is 0 Å². The molecule has 1 unspecified atom stereocenters. The molecule has 4 aliphatic carbocycles. The Labute approximate surface area is 188 Å². The van der Waals surface area contributed by atoms with E-state index in [0.717, 1.165) is 49.0 Å². The molecule has 1 N–H and O–H groups in total. The summed E-state index contributed by atoms with van der Waals surface area (Å²) in [5.74, 6) is 2.37. The van der Waals surface area contributed by atoms with E-state index in [1.807, 2.05) is 23.1 Å². The largest absolute Gasteiger partial charge is 0.347 e. The lowest BCUT2D eigenvalue weighted by atomic mass is 9.49.